The van der Waals surface area contributed by atoms with E-state index in [9.17, 15) is 14.7 Å². The molecule has 2 rings (SSSR count). The minimum atomic E-state index is -1.40. The molecule has 142 valence electrons. The highest BCUT2D eigenvalue weighted by Gasteiger charge is 2.65. The second-order valence-electron chi connectivity index (χ2n) is 8.58. The number of hydrogen-bond acceptors (Lipinski definition) is 6. The molecule has 0 aromatic rings. The normalized spacial score (nSPS) is 30.2. The average Bonchev–Trinajstić information content (AvgIpc) is 2.97. The van der Waals surface area contributed by atoms with Gasteiger partial charge in [-0.05, 0) is 31.1 Å². The van der Waals surface area contributed by atoms with Gasteiger partial charge in [-0.1, -0.05) is 27.2 Å². The highest BCUT2D eigenvalue weighted by Crippen LogP contribution is 2.50. The van der Waals surface area contributed by atoms with Gasteiger partial charge in [-0.3, -0.25) is 14.9 Å². The standard InChI is InChI=1S/C16H30BN3O5/c1-14(2,3)11(18)12(21)20-9-15(5-4-7-17(24)25)6-8-19-16(15,10-20)13(22)23/h11,19,24-25H,4-10,18H2,1-3H3,(H,22,23). The maximum atomic E-state index is 12.8. The van der Waals surface area contributed by atoms with Gasteiger partial charge in [0, 0.05) is 12.0 Å². The van der Waals surface area contributed by atoms with E-state index in [2.05, 4.69) is 5.32 Å². The molecule has 9 heteroatoms. The molecule has 0 radical (unpaired) electrons. The van der Waals surface area contributed by atoms with Crippen LogP contribution in [-0.4, -0.2) is 70.3 Å². The average molecular weight is 355 g/mol. The van der Waals surface area contributed by atoms with Crippen LogP contribution in [0.2, 0.25) is 6.32 Å². The zero-order chi connectivity index (χ0) is 19.0. The monoisotopic (exact) mass is 355 g/mol. The Kier molecular flexibility index (Phi) is 5.54. The number of carboxylic acid groups (broad SMARTS) is 1. The summed E-state index contributed by atoms with van der Waals surface area (Å²) in [5, 5.41) is 31.2. The summed E-state index contributed by atoms with van der Waals surface area (Å²) in [7, 11) is -1.40. The summed E-state index contributed by atoms with van der Waals surface area (Å²) in [5.41, 5.74) is 3.89. The largest absolute Gasteiger partial charge is 0.480 e. The van der Waals surface area contributed by atoms with Crippen molar-refractivity contribution in [3.8, 4) is 0 Å². The Hall–Kier alpha value is -1.16. The zero-order valence-electron chi connectivity index (χ0n) is 15.3. The van der Waals surface area contributed by atoms with Crippen molar-refractivity contribution in [2.24, 2.45) is 16.6 Å². The van der Waals surface area contributed by atoms with Crippen LogP contribution >= 0.6 is 0 Å². The maximum absolute atomic E-state index is 12.8. The Morgan fingerprint density at radius 1 is 1.32 bits per heavy atom. The first-order chi connectivity index (χ1) is 11.5. The molecule has 0 bridgehead atoms. The lowest BCUT2D eigenvalue weighted by atomic mass is 9.68. The lowest BCUT2D eigenvalue weighted by Crippen LogP contribution is -2.58. The van der Waals surface area contributed by atoms with Crippen LogP contribution in [0.25, 0.3) is 0 Å². The molecule has 0 aliphatic carbocycles. The number of carbonyl (C=O) groups excluding carboxylic acids is 1. The second kappa shape index (κ2) is 6.87. The molecule has 0 spiro atoms. The van der Waals surface area contributed by atoms with Crippen LogP contribution in [-0.2, 0) is 9.59 Å². The first-order valence-corrected chi connectivity index (χ1v) is 8.84. The van der Waals surface area contributed by atoms with Crippen molar-refractivity contribution in [3.63, 3.8) is 0 Å². The molecule has 0 saturated carbocycles. The molecule has 8 nitrogen and oxygen atoms in total. The number of carboxylic acids is 1. The van der Waals surface area contributed by atoms with Gasteiger partial charge < -0.3 is 25.8 Å². The van der Waals surface area contributed by atoms with Crippen molar-refractivity contribution >= 4 is 19.0 Å². The minimum Gasteiger partial charge on any atom is -0.480 e. The summed E-state index contributed by atoms with van der Waals surface area (Å²) in [6.45, 7) is 6.65. The van der Waals surface area contributed by atoms with Crippen LogP contribution in [0.3, 0.4) is 0 Å². The van der Waals surface area contributed by atoms with Crippen molar-refractivity contribution < 1.29 is 24.7 Å². The van der Waals surface area contributed by atoms with E-state index < -0.39 is 35.5 Å². The summed E-state index contributed by atoms with van der Waals surface area (Å²) in [6, 6.07) is -0.700. The molecule has 0 aromatic heterocycles. The molecule has 3 atom stereocenters. The number of nitrogens with zero attached hydrogens (tertiary/aromatic N) is 1. The molecule has 2 aliphatic heterocycles. The van der Waals surface area contributed by atoms with E-state index in [1.807, 2.05) is 20.8 Å². The van der Waals surface area contributed by atoms with Gasteiger partial charge in [-0.2, -0.15) is 0 Å². The van der Waals surface area contributed by atoms with Gasteiger partial charge in [0.25, 0.3) is 0 Å². The van der Waals surface area contributed by atoms with Gasteiger partial charge in [-0.15, -0.1) is 0 Å². The number of nitrogens with two attached hydrogens (primary N) is 1. The van der Waals surface area contributed by atoms with Crippen LogP contribution in [0.5, 0.6) is 0 Å². The van der Waals surface area contributed by atoms with Crippen LogP contribution in [0.4, 0.5) is 0 Å². The number of likely N-dealkylation sites (tertiary alicyclic amines) is 1. The lowest BCUT2D eigenvalue weighted by Gasteiger charge is -2.35. The molecule has 6 N–H and O–H groups in total. The molecule has 25 heavy (non-hydrogen) atoms. The number of carbonyl (C=O) groups is 2. The fraction of sp³-hybridized carbons (Fsp3) is 0.875. The van der Waals surface area contributed by atoms with Crippen molar-refractivity contribution in [3.05, 3.63) is 0 Å². The minimum absolute atomic E-state index is 0.0899. The molecule has 0 aromatic carbocycles. The number of nitrogens with one attached hydrogen (secondary N) is 1. The number of aliphatic carboxylic acids is 1. The van der Waals surface area contributed by atoms with Gasteiger partial charge in [0.05, 0.1) is 12.6 Å². The summed E-state index contributed by atoms with van der Waals surface area (Å²) in [6.07, 6.45) is 1.82. The maximum Gasteiger partial charge on any atom is 0.451 e. The van der Waals surface area contributed by atoms with Gasteiger partial charge in [0.2, 0.25) is 5.91 Å². The summed E-state index contributed by atoms with van der Waals surface area (Å²) >= 11 is 0. The molecular weight excluding hydrogens is 325 g/mol. The quantitative estimate of drug-likeness (QED) is 0.396. The third-order valence-electron chi connectivity index (χ3n) is 5.85. The topological polar surface area (TPSA) is 136 Å². The Labute approximate surface area is 148 Å². The van der Waals surface area contributed by atoms with E-state index in [0.717, 1.165) is 0 Å². The Bertz CT molecular complexity index is 538. The Balaban J connectivity index is 2.24. The Morgan fingerprint density at radius 3 is 2.48 bits per heavy atom. The third-order valence-corrected chi connectivity index (χ3v) is 5.85. The van der Waals surface area contributed by atoms with Crippen LogP contribution in [0.1, 0.15) is 40.0 Å². The summed E-state index contributed by atoms with van der Waals surface area (Å²) in [4.78, 5) is 26.5. The molecule has 2 fully saturated rings. The number of amides is 1. The molecular formula is C16H30BN3O5. The van der Waals surface area contributed by atoms with E-state index >= 15 is 0 Å². The van der Waals surface area contributed by atoms with Crippen LogP contribution in [0.15, 0.2) is 0 Å². The second-order valence-corrected chi connectivity index (χ2v) is 8.58. The van der Waals surface area contributed by atoms with Gasteiger partial charge in [0.1, 0.15) is 5.54 Å². The Morgan fingerprint density at radius 2 is 1.96 bits per heavy atom. The highest BCUT2D eigenvalue weighted by molar-refractivity contribution is 6.40. The molecule has 3 unspecified atom stereocenters. The van der Waals surface area contributed by atoms with Crippen molar-refractivity contribution in [1.82, 2.24) is 10.2 Å². The fourth-order valence-electron chi connectivity index (χ4n) is 4.19. The SMILES string of the molecule is CC(C)(C)C(N)C(=O)N1CC2(CCCB(O)O)CCNC2(C(=O)O)C1. The van der Waals surface area contributed by atoms with Crippen molar-refractivity contribution in [1.29, 1.82) is 0 Å². The number of hydrogen-bond donors (Lipinski definition) is 5. The molecule has 1 amide bonds. The summed E-state index contributed by atoms with van der Waals surface area (Å²) < 4.78 is 0. The number of fused-ring (bicyclic) bond motifs is 1. The summed E-state index contributed by atoms with van der Waals surface area (Å²) in [5.74, 6) is -1.19. The van der Waals surface area contributed by atoms with E-state index in [1.54, 1.807) is 4.90 Å². The first-order valence-electron chi connectivity index (χ1n) is 8.84. The van der Waals surface area contributed by atoms with Gasteiger partial charge >= 0.3 is 13.1 Å². The molecule has 2 heterocycles. The van der Waals surface area contributed by atoms with E-state index in [-0.39, 0.29) is 18.8 Å². The molecule has 2 aliphatic rings. The first kappa shape index (κ1) is 20.2. The number of rotatable bonds is 6. The van der Waals surface area contributed by atoms with E-state index in [4.69, 9.17) is 15.8 Å². The van der Waals surface area contributed by atoms with Crippen LogP contribution in [0, 0.1) is 10.8 Å². The predicted octanol–water partition coefficient (Wildman–Crippen LogP) is -0.742. The van der Waals surface area contributed by atoms with E-state index in [1.165, 1.54) is 0 Å². The molecule has 2 saturated heterocycles. The smallest absolute Gasteiger partial charge is 0.451 e. The van der Waals surface area contributed by atoms with Crippen molar-refractivity contribution in [2.75, 3.05) is 19.6 Å². The van der Waals surface area contributed by atoms with Crippen LogP contribution < -0.4 is 11.1 Å². The van der Waals surface area contributed by atoms with Gasteiger partial charge in [0.15, 0.2) is 0 Å². The predicted molar refractivity (Wildman–Crippen MR) is 93.7 cm³/mol. The highest BCUT2D eigenvalue weighted by atomic mass is 16.4. The van der Waals surface area contributed by atoms with Gasteiger partial charge in [-0.25, -0.2) is 0 Å². The lowest BCUT2D eigenvalue weighted by molar-refractivity contribution is -0.147. The zero-order valence-corrected chi connectivity index (χ0v) is 15.3. The van der Waals surface area contributed by atoms with Crippen molar-refractivity contribution in [2.45, 2.75) is 57.9 Å². The van der Waals surface area contributed by atoms with E-state index in [0.29, 0.717) is 32.4 Å². The fourth-order valence-corrected chi connectivity index (χ4v) is 4.19. The third kappa shape index (κ3) is 3.55.